The molecule has 8 heteroatoms. The summed E-state index contributed by atoms with van der Waals surface area (Å²) in [6.07, 6.45) is 1.56. The number of methoxy groups -OCH3 is 1. The maximum Gasteiger partial charge on any atom is 0.305 e. The van der Waals surface area contributed by atoms with E-state index < -0.39 is 5.97 Å². The lowest BCUT2D eigenvalue weighted by Crippen LogP contribution is -2.30. The number of carboxylic acids is 1. The van der Waals surface area contributed by atoms with Gasteiger partial charge in [-0.1, -0.05) is 60.4 Å². The Balaban J connectivity index is 1.73. The Kier molecular flexibility index (Phi) is 6.90. The van der Waals surface area contributed by atoms with Crippen molar-refractivity contribution in [3.63, 3.8) is 0 Å². The molecule has 150 valence electrons. The third-order valence-electron chi connectivity index (χ3n) is 4.15. The second-order valence-corrected chi connectivity index (χ2v) is 7.84. The lowest BCUT2D eigenvalue weighted by molar-refractivity contribution is -0.137. The summed E-state index contributed by atoms with van der Waals surface area (Å²) in [5.41, 5.74) is 1.80. The van der Waals surface area contributed by atoms with Crippen LogP contribution in [0.15, 0.2) is 53.4 Å². The molecule has 1 N–H and O–H groups in total. The standard InChI is InChI=1S/C21H19NO5S2/c1-26-17-11-15(7-8-16(17)27-13-14-5-3-2-4-6-14)12-18-20(25)22(21(28)29-18)10-9-19(23)24/h2-8,11-12H,9-10,13H2,1H3,(H,23,24). The first-order valence-electron chi connectivity index (χ1n) is 8.80. The zero-order valence-electron chi connectivity index (χ0n) is 15.7. The Hall–Kier alpha value is -2.84. The first-order valence-corrected chi connectivity index (χ1v) is 10.0. The van der Waals surface area contributed by atoms with Gasteiger partial charge in [-0.15, -0.1) is 0 Å². The van der Waals surface area contributed by atoms with Crippen LogP contribution in [-0.2, 0) is 16.2 Å². The van der Waals surface area contributed by atoms with Gasteiger partial charge < -0.3 is 14.6 Å². The topological polar surface area (TPSA) is 76.1 Å². The van der Waals surface area contributed by atoms with Crippen molar-refractivity contribution in [2.75, 3.05) is 13.7 Å². The highest BCUT2D eigenvalue weighted by molar-refractivity contribution is 8.26. The minimum atomic E-state index is -0.973. The van der Waals surface area contributed by atoms with Crippen molar-refractivity contribution in [1.29, 1.82) is 0 Å². The third-order valence-corrected chi connectivity index (χ3v) is 5.52. The SMILES string of the molecule is COc1cc(C=C2SC(=S)N(CCC(=O)O)C2=O)ccc1OCc1ccccc1. The van der Waals surface area contributed by atoms with Crippen molar-refractivity contribution in [2.24, 2.45) is 0 Å². The largest absolute Gasteiger partial charge is 0.493 e. The van der Waals surface area contributed by atoms with E-state index in [-0.39, 0.29) is 18.9 Å². The minimum Gasteiger partial charge on any atom is -0.493 e. The van der Waals surface area contributed by atoms with Gasteiger partial charge in [0.1, 0.15) is 10.9 Å². The van der Waals surface area contributed by atoms with Crippen LogP contribution in [0.1, 0.15) is 17.5 Å². The summed E-state index contributed by atoms with van der Waals surface area (Å²) in [5.74, 6) is -0.109. The molecule has 0 spiro atoms. The maximum atomic E-state index is 12.5. The van der Waals surface area contributed by atoms with Crippen molar-refractivity contribution in [3.05, 3.63) is 64.6 Å². The van der Waals surface area contributed by atoms with Crippen LogP contribution in [0.25, 0.3) is 6.08 Å². The molecule has 29 heavy (non-hydrogen) atoms. The molecule has 1 fully saturated rings. The van der Waals surface area contributed by atoms with Crippen molar-refractivity contribution < 1.29 is 24.2 Å². The number of carbonyl (C=O) groups excluding carboxylic acids is 1. The molecule has 0 bridgehead atoms. The third kappa shape index (κ3) is 5.36. The number of ether oxygens (including phenoxy) is 2. The van der Waals surface area contributed by atoms with Gasteiger partial charge in [-0.05, 0) is 29.3 Å². The molecule has 0 aromatic heterocycles. The predicted octanol–water partition coefficient (Wildman–Crippen LogP) is 3.95. The van der Waals surface area contributed by atoms with Gasteiger partial charge in [0.2, 0.25) is 0 Å². The van der Waals surface area contributed by atoms with Gasteiger partial charge in [0.15, 0.2) is 11.5 Å². The van der Waals surface area contributed by atoms with Crippen LogP contribution < -0.4 is 9.47 Å². The number of hydrogen-bond donors (Lipinski definition) is 1. The number of hydrogen-bond acceptors (Lipinski definition) is 6. The highest BCUT2D eigenvalue weighted by atomic mass is 32.2. The fraction of sp³-hybridized carbons (Fsp3) is 0.190. The number of benzene rings is 2. The zero-order chi connectivity index (χ0) is 20.8. The Bertz CT molecular complexity index is 959. The fourth-order valence-electron chi connectivity index (χ4n) is 2.68. The van der Waals surface area contributed by atoms with Crippen LogP contribution in [0.2, 0.25) is 0 Å². The second kappa shape index (κ2) is 9.58. The Morgan fingerprint density at radius 1 is 1.21 bits per heavy atom. The quantitative estimate of drug-likeness (QED) is 0.503. The molecule has 1 saturated heterocycles. The first kappa shape index (κ1) is 20.9. The van der Waals surface area contributed by atoms with Gasteiger partial charge >= 0.3 is 5.97 Å². The summed E-state index contributed by atoms with van der Waals surface area (Å²) in [7, 11) is 1.56. The van der Waals surface area contributed by atoms with E-state index in [1.807, 2.05) is 36.4 Å². The molecular weight excluding hydrogens is 410 g/mol. The lowest BCUT2D eigenvalue weighted by Gasteiger charge is -2.12. The molecule has 1 heterocycles. The highest BCUT2D eigenvalue weighted by Gasteiger charge is 2.32. The van der Waals surface area contributed by atoms with Crippen molar-refractivity contribution in [2.45, 2.75) is 13.0 Å². The van der Waals surface area contributed by atoms with Crippen LogP contribution in [-0.4, -0.2) is 39.9 Å². The Morgan fingerprint density at radius 3 is 2.66 bits per heavy atom. The van der Waals surface area contributed by atoms with Gasteiger partial charge in [0.05, 0.1) is 18.4 Å². The van der Waals surface area contributed by atoms with Gasteiger partial charge in [-0.2, -0.15) is 0 Å². The Labute approximate surface area is 178 Å². The van der Waals surface area contributed by atoms with E-state index in [0.717, 1.165) is 22.9 Å². The van der Waals surface area contributed by atoms with E-state index in [1.165, 1.54) is 4.90 Å². The molecule has 3 rings (SSSR count). The van der Waals surface area contributed by atoms with E-state index in [4.69, 9.17) is 26.8 Å². The van der Waals surface area contributed by atoms with Crippen molar-refractivity contribution in [1.82, 2.24) is 4.90 Å². The number of thiocarbonyl (C=S) groups is 1. The number of carboxylic acid groups (broad SMARTS) is 1. The van der Waals surface area contributed by atoms with Gasteiger partial charge in [-0.3, -0.25) is 14.5 Å². The van der Waals surface area contributed by atoms with Crippen LogP contribution in [0, 0.1) is 0 Å². The van der Waals surface area contributed by atoms with Gasteiger partial charge in [0, 0.05) is 6.54 Å². The summed E-state index contributed by atoms with van der Waals surface area (Å²) in [6, 6.07) is 15.2. The average Bonchev–Trinajstić information content (AvgIpc) is 2.98. The van der Waals surface area contributed by atoms with Crippen LogP contribution >= 0.6 is 24.0 Å². The summed E-state index contributed by atoms with van der Waals surface area (Å²) in [4.78, 5) is 25.0. The number of carbonyl (C=O) groups is 2. The number of thioether (sulfide) groups is 1. The fourth-order valence-corrected chi connectivity index (χ4v) is 3.99. The van der Waals surface area contributed by atoms with E-state index >= 15 is 0 Å². The monoisotopic (exact) mass is 429 g/mol. The smallest absolute Gasteiger partial charge is 0.305 e. The molecular formula is C21H19NO5S2. The summed E-state index contributed by atoms with van der Waals surface area (Å²) in [6.45, 7) is 0.478. The molecule has 2 aromatic carbocycles. The van der Waals surface area contributed by atoms with E-state index in [0.29, 0.717) is 27.3 Å². The normalized spacial score (nSPS) is 15.1. The molecule has 0 aliphatic carbocycles. The molecule has 1 aliphatic heterocycles. The van der Waals surface area contributed by atoms with Crippen LogP contribution in [0.5, 0.6) is 11.5 Å². The summed E-state index contributed by atoms with van der Waals surface area (Å²) >= 11 is 6.36. The van der Waals surface area contributed by atoms with Crippen molar-refractivity contribution in [3.8, 4) is 11.5 Å². The second-order valence-electron chi connectivity index (χ2n) is 6.16. The number of rotatable bonds is 8. The molecule has 6 nitrogen and oxygen atoms in total. The predicted molar refractivity (Wildman–Crippen MR) is 116 cm³/mol. The van der Waals surface area contributed by atoms with Crippen LogP contribution in [0.4, 0.5) is 0 Å². The minimum absolute atomic E-state index is 0.0624. The molecule has 0 radical (unpaired) electrons. The maximum absolute atomic E-state index is 12.5. The molecule has 0 unspecified atom stereocenters. The molecule has 0 saturated carbocycles. The molecule has 1 aliphatic rings. The lowest BCUT2D eigenvalue weighted by atomic mass is 10.1. The number of nitrogens with zero attached hydrogens (tertiary/aromatic N) is 1. The van der Waals surface area contributed by atoms with Gasteiger partial charge in [0.25, 0.3) is 5.91 Å². The highest BCUT2D eigenvalue weighted by Crippen LogP contribution is 2.35. The van der Waals surface area contributed by atoms with E-state index in [2.05, 4.69) is 0 Å². The van der Waals surface area contributed by atoms with Crippen LogP contribution in [0.3, 0.4) is 0 Å². The summed E-state index contributed by atoms with van der Waals surface area (Å²) < 4.78 is 11.6. The average molecular weight is 430 g/mol. The number of aliphatic carboxylic acids is 1. The Morgan fingerprint density at radius 2 is 1.97 bits per heavy atom. The van der Waals surface area contributed by atoms with E-state index in [1.54, 1.807) is 25.3 Å². The zero-order valence-corrected chi connectivity index (χ0v) is 17.3. The van der Waals surface area contributed by atoms with Gasteiger partial charge in [-0.25, -0.2) is 0 Å². The molecule has 1 amide bonds. The van der Waals surface area contributed by atoms with Crippen molar-refractivity contribution >= 4 is 46.3 Å². The number of amides is 1. The summed E-state index contributed by atoms with van der Waals surface area (Å²) in [5, 5.41) is 8.82. The molecule has 2 aromatic rings. The van der Waals surface area contributed by atoms with E-state index in [9.17, 15) is 9.59 Å². The molecule has 0 atom stereocenters. The first-order chi connectivity index (χ1) is 14.0.